The summed E-state index contributed by atoms with van der Waals surface area (Å²) in [5.41, 5.74) is 0. The highest BCUT2D eigenvalue weighted by molar-refractivity contribution is 5.80. The summed E-state index contributed by atoms with van der Waals surface area (Å²) < 4.78 is 4.66. The molecule has 0 aromatic heterocycles. The van der Waals surface area contributed by atoms with Crippen LogP contribution in [-0.2, 0) is 9.53 Å². The molecule has 0 aromatic rings. The lowest BCUT2D eigenvalue weighted by molar-refractivity contribution is -0.142. The topological polar surface area (TPSA) is 95.9 Å². The Hall–Kier alpha value is -1.30. The quantitative estimate of drug-likeness (QED) is 0.598. The van der Waals surface area contributed by atoms with E-state index < -0.39 is 24.2 Å². The van der Waals surface area contributed by atoms with E-state index in [0.717, 1.165) is 0 Å². The zero-order valence-corrected chi connectivity index (χ0v) is 8.35. The number of aliphatic hydroxyl groups is 1. The van der Waals surface area contributed by atoms with E-state index in [4.69, 9.17) is 10.2 Å². The van der Waals surface area contributed by atoms with Gasteiger partial charge in [-0.3, -0.25) is 0 Å². The summed E-state index contributed by atoms with van der Waals surface area (Å²) in [6.07, 6.45) is -2.36. The lowest BCUT2D eigenvalue weighted by Gasteiger charge is -2.17. The molecule has 14 heavy (non-hydrogen) atoms. The Morgan fingerprint density at radius 3 is 2.07 bits per heavy atom. The van der Waals surface area contributed by atoms with Crippen molar-refractivity contribution in [3.63, 3.8) is 0 Å². The maximum atomic E-state index is 11.0. The summed E-state index contributed by atoms with van der Waals surface area (Å²) in [5.74, 6) is -1.30. The third kappa shape index (κ3) is 4.66. The lowest BCUT2D eigenvalue weighted by Crippen LogP contribution is -2.48. The summed E-state index contributed by atoms with van der Waals surface area (Å²) in [6, 6.07) is -1.35. The van der Waals surface area contributed by atoms with Crippen LogP contribution < -0.4 is 5.32 Å². The van der Waals surface area contributed by atoms with Crippen LogP contribution >= 0.6 is 0 Å². The molecule has 0 heterocycles. The molecule has 0 aromatic carbocycles. The molecular weight excluding hydrogens is 190 g/mol. The molecule has 3 N–H and O–H groups in total. The number of ether oxygens (including phenoxy) is 1. The molecule has 6 heteroatoms. The van der Waals surface area contributed by atoms with Crippen molar-refractivity contribution in [2.45, 2.75) is 39.0 Å². The van der Waals surface area contributed by atoms with Gasteiger partial charge in [0.2, 0.25) is 0 Å². The summed E-state index contributed by atoms with van der Waals surface area (Å²) in [5, 5.41) is 19.6. The van der Waals surface area contributed by atoms with Crippen LogP contribution in [0.25, 0.3) is 0 Å². The first kappa shape index (κ1) is 12.7. The van der Waals surface area contributed by atoms with Crippen LogP contribution in [0.5, 0.6) is 0 Å². The standard InChI is InChI=1S/C8H15NO5/c1-4(2)14-8(13)9-6(5(3)10)7(11)12/h4-6,10H,1-3H3,(H,9,13)(H,11,12)/t5-,6+/m1/s1. The van der Waals surface area contributed by atoms with Gasteiger partial charge >= 0.3 is 12.1 Å². The van der Waals surface area contributed by atoms with Gasteiger partial charge in [-0.05, 0) is 20.8 Å². The van der Waals surface area contributed by atoms with Crippen molar-refractivity contribution in [1.29, 1.82) is 0 Å². The number of aliphatic hydroxyl groups excluding tert-OH is 1. The van der Waals surface area contributed by atoms with Crippen molar-refractivity contribution in [2.75, 3.05) is 0 Å². The molecule has 0 unspecified atom stereocenters. The SMILES string of the molecule is CC(C)OC(=O)N[C@H](C(=O)O)[C@@H](C)O. The highest BCUT2D eigenvalue weighted by Gasteiger charge is 2.25. The number of carboxylic acids is 1. The van der Waals surface area contributed by atoms with Crippen molar-refractivity contribution >= 4 is 12.1 Å². The first-order valence-electron chi connectivity index (χ1n) is 4.22. The van der Waals surface area contributed by atoms with E-state index in [-0.39, 0.29) is 6.10 Å². The fourth-order valence-corrected chi connectivity index (χ4v) is 0.764. The lowest BCUT2D eigenvalue weighted by atomic mass is 10.2. The van der Waals surface area contributed by atoms with Gasteiger partial charge in [0, 0.05) is 0 Å². The Morgan fingerprint density at radius 2 is 1.79 bits per heavy atom. The van der Waals surface area contributed by atoms with Gasteiger partial charge in [-0.2, -0.15) is 0 Å². The van der Waals surface area contributed by atoms with Gasteiger partial charge in [0.25, 0.3) is 0 Å². The van der Waals surface area contributed by atoms with Crippen molar-refractivity contribution < 1.29 is 24.5 Å². The number of hydrogen-bond acceptors (Lipinski definition) is 4. The molecule has 0 radical (unpaired) electrons. The number of carboxylic acid groups (broad SMARTS) is 1. The number of rotatable bonds is 4. The van der Waals surface area contributed by atoms with Crippen molar-refractivity contribution in [3.8, 4) is 0 Å². The third-order valence-electron chi connectivity index (χ3n) is 1.36. The number of hydrogen-bond donors (Lipinski definition) is 3. The van der Waals surface area contributed by atoms with Crippen molar-refractivity contribution in [2.24, 2.45) is 0 Å². The van der Waals surface area contributed by atoms with Gasteiger partial charge < -0.3 is 20.3 Å². The van der Waals surface area contributed by atoms with Gasteiger partial charge in [-0.25, -0.2) is 9.59 Å². The zero-order chi connectivity index (χ0) is 11.3. The zero-order valence-electron chi connectivity index (χ0n) is 8.35. The second-order valence-electron chi connectivity index (χ2n) is 3.15. The Kier molecular flexibility index (Phi) is 4.93. The van der Waals surface area contributed by atoms with Gasteiger partial charge in [0.15, 0.2) is 6.04 Å². The number of alkyl carbamates (subject to hydrolysis) is 1. The molecule has 82 valence electrons. The summed E-state index contributed by atoms with van der Waals surface area (Å²) in [4.78, 5) is 21.5. The average molecular weight is 205 g/mol. The Labute approximate surface area is 81.9 Å². The molecule has 0 aliphatic rings. The monoisotopic (exact) mass is 205 g/mol. The highest BCUT2D eigenvalue weighted by atomic mass is 16.6. The molecule has 2 atom stereocenters. The van der Waals surface area contributed by atoms with E-state index in [0.29, 0.717) is 0 Å². The highest BCUT2D eigenvalue weighted by Crippen LogP contribution is 1.95. The largest absolute Gasteiger partial charge is 0.480 e. The second-order valence-corrected chi connectivity index (χ2v) is 3.15. The van der Waals surface area contributed by atoms with Crippen LogP contribution in [0.2, 0.25) is 0 Å². The van der Waals surface area contributed by atoms with E-state index in [9.17, 15) is 9.59 Å². The van der Waals surface area contributed by atoms with Gasteiger partial charge in [-0.15, -0.1) is 0 Å². The van der Waals surface area contributed by atoms with Crippen LogP contribution in [0.1, 0.15) is 20.8 Å². The molecule has 0 aliphatic carbocycles. The Balaban J connectivity index is 4.17. The molecule has 0 rings (SSSR count). The maximum Gasteiger partial charge on any atom is 0.408 e. The molecule has 1 amide bonds. The molecular formula is C8H15NO5. The fourth-order valence-electron chi connectivity index (χ4n) is 0.764. The number of amides is 1. The molecule has 0 saturated carbocycles. The van der Waals surface area contributed by atoms with Crippen LogP contribution in [0.3, 0.4) is 0 Å². The summed E-state index contributed by atoms with van der Waals surface area (Å²) in [7, 11) is 0. The van der Waals surface area contributed by atoms with Crippen LogP contribution in [-0.4, -0.2) is 40.5 Å². The van der Waals surface area contributed by atoms with E-state index in [1.54, 1.807) is 13.8 Å². The molecule has 0 saturated heterocycles. The Bertz CT molecular complexity index is 214. The van der Waals surface area contributed by atoms with Crippen LogP contribution in [0, 0.1) is 0 Å². The number of aliphatic carboxylic acids is 1. The van der Waals surface area contributed by atoms with Crippen molar-refractivity contribution in [3.05, 3.63) is 0 Å². The maximum absolute atomic E-state index is 11.0. The predicted molar refractivity (Wildman–Crippen MR) is 47.9 cm³/mol. The second kappa shape index (κ2) is 5.43. The number of carbonyl (C=O) groups excluding carboxylic acids is 1. The summed E-state index contributed by atoms with van der Waals surface area (Å²) in [6.45, 7) is 4.55. The van der Waals surface area contributed by atoms with Gasteiger partial charge in [0.05, 0.1) is 12.2 Å². The minimum atomic E-state index is -1.35. The minimum absolute atomic E-state index is 0.335. The molecule has 0 bridgehead atoms. The van der Waals surface area contributed by atoms with E-state index in [1.165, 1.54) is 6.92 Å². The molecule has 0 fully saturated rings. The van der Waals surface area contributed by atoms with Crippen LogP contribution in [0.4, 0.5) is 4.79 Å². The normalized spacial score (nSPS) is 14.6. The molecule has 0 spiro atoms. The van der Waals surface area contributed by atoms with E-state index in [1.807, 2.05) is 5.32 Å². The van der Waals surface area contributed by atoms with E-state index in [2.05, 4.69) is 4.74 Å². The van der Waals surface area contributed by atoms with Gasteiger partial charge in [-0.1, -0.05) is 0 Å². The van der Waals surface area contributed by atoms with Crippen LogP contribution in [0.15, 0.2) is 0 Å². The first-order chi connectivity index (χ1) is 6.34. The smallest absolute Gasteiger partial charge is 0.408 e. The fraction of sp³-hybridized carbons (Fsp3) is 0.750. The molecule has 6 nitrogen and oxygen atoms in total. The summed E-state index contributed by atoms with van der Waals surface area (Å²) >= 11 is 0. The minimum Gasteiger partial charge on any atom is -0.480 e. The Morgan fingerprint density at radius 1 is 1.29 bits per heavy atom. The molecule has 0 aliphatic heterocycles. The number of carbonyl (C=O) groups is 2. The van der Waals surface area contributed by atoms with Crippen molar-refractivity contribution in [1.82, 2.24) is 5.32 Å². The average Bonchev–Trinajstić information content (AvgIpc) is 1.97. The predicted octanol–water partition coefficient (Wildman–Crippen LogP) is -0.0450. The number of nitrogens with one attached hydrogen (secondary N) is 1. The van der Waals surface area contributed by atoms with Gasteiger partial charge in [0.1, 0.15) is 0 Å². The first-order valence-corrected chi connectivity index (χ1v) is 4.22. The van der Waals surface area contributed by atoms with E-state index >= 15 is 0 Å². The third-order valence-corrected chi connectivity index (χ3v) is 1.36.